The van der Waals surface area contributed by atoms with Gasteiger partial charge in [-0.1, -0.05) is 11.6 Å². The van der Waals surface area contributed by atoms with E-state index in [1.165, 1.54) is 4.90 Å². The van der Waals surface area contributed by atoms with Crippen LogP contribution in [0.5, 0.6) is 0 Å². The Kier molecular flexibility index (Phi) is 4.25. The van der Waals surface area contributed by atoms with Crippen molar-refractivity contribution < 1.29 is 18.0 Å². The van der Waals surface area contributed by atoms with E-state index in [-0.39, 0.29) is 10.6 Å². The van der Waals surface area contributed by atoms with Gasteiger partial charge in [-0.2, -0.15) is 13.2 Å². The van der Waals surface area contributed by atoms with Crippen LogP contribution in [-0.2, 0) is 6.18 Å². The molecule has 1 aliphatic rings. The van der Waals surface area contributed by atoms with Crippen molar-refractivity contribution in [3.05, 3.63) is 34.3 Å². The van der Waals surface area contributed by atoms with Gasteiger partial charge in [-0.3, -0.25) is 4.79 Å². The number of alkyl halides is 3. The first kappa shape index (κ1) is 15.1. The third kappa shape index (κ3) is 3.24. The lowest BCUT2D eigenvalue weighted by Gasteiger charge is -2.33. The van der Waals surface area contributed by atoms with Crippen LogP contribution in [0.2, 0.25) is 5.02 Å². The molecule has 1 aliphatic heterocycles. The second-order valence-corrected chi connectivity index (χ2v) is 5.22. The summed E-state index contributed by atoms with van der Waals surface area (Å²) in [6.07, 6.45) is -4.57. The molecule has 7 heteroatoms. The molecule has 0 N–H and O–H groups in total. The van der Waals surface area contributed by atoms with E-state index < -0.39 is 17.6 Å². The Morgan fingerprint density at radius 3 is 2.35 bits per heavy atom. The molecular weight excluding hydrogens is 293 g/mol. The summed E-state index contributed by atoms with van der Waals surface area (Å²) in [5.41, 5.74) is -1.32. The van der Waals surface area contributed by atoms with Crippen molar-refractivity contribution in [3.63, 3.8) is 0 Å². The first-order valence-electron chi connectivity index (χ1n) is 6.13. The van der Waals surface area contributed by atoms with E-state index in [4.69, 9.17) is 11.6 Å². The van der Waals surface area contributed by atoms with Gasteiger partial charge in [-0.05, 0) is 25.2 Å². The smallest absolute Gasteiger partial charge is 0.336 e. The van der Waals surface area contributed by atoms with Crippen molar-refractivity contribution in [1.82, 2.24) is 9.80 Å². The largest absolute Gasteiger partial charge is 0.417 e. The van der Waals surface area contributed by atoms with Crippen molar-refractivity contribution in [2.45, 2.75) is 6.18 Å². The van der Waals surface area contributed by atoms with E-state index in [1.54, 1.807) is 0 Å². The number of benzene rings is 1. The third-order valence-electron chi connectivity index (χ3n) is 3.31. The van der Waals surface area contributed by atoms with Gasteiger partial charge in [-0.15, -0.1) is 0 Å². The summed E-state index contributed by atoms with van der Waals surface area (Å²) in [6.45, 7) is 2.12. The predicted molar refractivity (Wildman–Crippen MR) is 69.9 cm³/mol. The summed E-state index contributed by atoms with van der Waals surface area (Å²) >= 11 is 5.73. The first-order valence-corrected chi connectivity index (χ1v) is 6.51. The molecule has 0 aliphatic carbocycles. The Hall–Kier alpha value is -1.27. The van der Waals surface area contributed by atoms with Gasteiger partial charge in [0, 0.05) is 31.2 Å². The van der Waals surface area contributed by atoms with Crippen LogP contribution in [0.1, 0.15) is 15.9 Å². The molecule has 3 nitrogen and oxygen atoms in total. The van der Waals surface area contributed by atoms with E-state index >= 15 is 0 Å². The van der Waals surface area contributed by atoms with Crippen LogP contribution in [0.15, 0.2) is 18.2 Å². The average Bonchev–Trinajstić information content (AvgIpc) is 2.37. The van der Waals surface area contributed by atoms with Gasteiger partial charge in [0.15, 0.2) is 0 Å². The zero-order chi connectivity index (χ0) is 14.9. The van der Waals surface area contributed by atoms with Crippen LogP contribution in [0.3, 0.4) is 0 Å². The van der Waals surface area contributed by atoms with Gasteiger partial charge >= 0.3 is 6.18 Å². The lowest BCUT2D eigenvalue weighted by Crippen LogP contribution is -2.47. The quantitative estimate of drug-likeness (QED) is 0.796. The Morgan fingerprint density at radius 2 is 1.80 bits per heavy atom. The average molecular weight is 307 g/mol. The second-order valence-electron chi connectivity index (χ2n) is 4.78. The van der Waals surface area contributed by atoms with Crippen molar-refractivity contribution in [2.75, 3.05) is 33.2 Å². The van der Waals surface area contributed by atoms with Crippen LogP contribution >= 0.6 is 11.6 Å². The fourth-order valence-corrected chi connectivity index (χ4v) is 2.29. The predicted octanol–water partition coefficient (Wildman–Crippen LogP) is 2.75. The minimum atomic E-state index is -4.57. The fraction of sp³-hybridized carbons (Fsp3) is 0.462. The Morgan fingerprint density at radius 1 is 1.20 bits per heavy atom. The van der Waals surface area contributed by atoms with Crippen LogP contribution in [0, 0.1) is 0 Å². The molecule has 1 heterocycles. The molecule has 2 rings (SSSR count). The lowest BCUT2D eigenvalue weighted by atomic mass is 10.1. The molecule has 1 amide bonds. The molecule has 1 saturated heterocycles. The van der Waals surface area contributed by atoms with Gasteiger partial charge < -0.3 is 9.80 Å². The molecule has 1 fully saturated rings. The van der Waals surface area contributed by atoms with Crippen molar-refractivity contribution in [2.24, 2.45) is 0 Å². The Balaban J connectivity index is 2.31. The van der Waals surface area contributed by atoms with Crippen LogP contribution in [-0.4, -0.2) is 48.9 Å². The summed E-state index contributed by atoms with van der Waals surface area (Å²) in [5.74, 6) is -0.618. The van der Waals surface area contributed by atoms with Gasteiger partial charge in [0.2, 0.25) is 0 Å². The SMILES string of the molecule is CN1CCN(C(=O)c2cc(Cl)ccc2C(F)(F)F)CC1. The number of halogens is 4. The van der Waals surface area contributed by atoms with E-state index in [1.807, 2.05) is 11.9 Å². The standard InChI is InChI=1S/C13H14ClF3N2O/c1-18-4-6-19(7-5-18)12(20)10-8-9(14)2-3-11(10)13(15,16)17/h2-3,8H,4-7H2,1H3. The van der Waals surface area contributed by atoms with Crippen molar-refractivity contribution in [3.8, 4) is 0 Å². The normalized spacial score (nSPS) is 17.4. The van der Waals surface area contributed by atoms with Crippen LogP contribution in [0.25, 0.3) is 0 Å². The molecular formula is C13H14ClF3N2O. The minimum Gasteiger partial charge on any atom is -0.336 e. The maximum absolute atomic E-state index is 12.9. The molecule has 0 aromatic heterocycles. The van der Waals surface area contributed by atoms with E-state index in [0.717, 1.165) is 18.2 Å². The van der Waals surface area contributed by atoms with Crippen LogP contribution < -0.4 is 0 Å². The number of piperazine rings is 1. The summed E-state index contributed by atoms with van der Waals surface area (Å²) in [4.78, 5) is 15.7. The summed E-state index contributed by atoms with van der Waals surface area (Å²) in [6, 6.07) is 3.09. The molecule has 0 atom stereocenters. The summed E-state index contributed by atoms with van der Waals surface area (Å²) in [5, 5.41) is 0.121. The lowest BCUT2D eigenvalue weighted by molar-refractivity contribution is -0.138. The second kappa shape index (κ2) is 5.61. The topological polar surface area (TPSA) is 23.6 Å². The van der Waals surface area contributed by atoms with E-state index in [0.29, 0.717) is 26.2 Å². The highest BCUT2D eigenvalue weighted by molar-refractivity contribution is 6.31. The van der Waals surface area contributed by atoms with E-state index in [2.05, 4.69) is 0 Å². The summed E-state index contributed by atoms with van der Waals surface area (Å²) < 4.78 is 38.8. The monoisotopic (exact) mass is 306 g/mol. The fourth-order valence-electron chi connectivity index (χ4n) is 2.12. The zero-order valence-corrected chi connectivity index (χ0v) is 11.6. The Labute approximate surface area is 119 Å². The maximum Gasteiger partial charge on any atom is 0.417 e. The third-order valence-corrected chi connectivity index (χ3v) is 3.54. The van der Waals surface area contributed by atoms with Gasteiger partial charge in [0.05, 0.1) is 11.1 Å². The molecule has 1 aromatic carbocycles. The molecule has 0 unspecified atom stereocenters. The number of carbonyl (C=O) groups is 1. The number of hydrogen-bond acceptors (Lipinski definition) is 2. The summed E-state index contributed by atoms with van der Waals surface area (Å²) in [7, 11) is 1.91. The van der Waals surface area contributed by atoms with Crippen molar-refractivity contribution >= 4 is 17.5 Å². The van der Waals surface area contributed by atoms with Gasteiger partial charge in [0.25, 0.3) is 5.91 Å². The number of amides is 1. The molecule has 20 heavy (non-hydrogen) atoms. The molecule has 0 bridgehead atoms. The molecule has 0 radical (unpaired) electrons. The highest BCUT2D eigenvalue weighted by Gasteiger charge is 2.36. The molecule has 0 spiro atoms. The molecule has 110 valence electrons. The minimum absolute atomic E-state index is 0.121. The van der Waals surface area contributed by atoms with Crippen molar-refractivity contribution in [1.29, 1.82) is 0 Å². The van der Waals surface area contributed by atoms with E-state index in [9.17, 15) is 18.0 Å². The van der Waals surface area contributed by atoms with Gasteiger partial charge in [0.1, 0.15) is 0 Å². The Bertz CT molecular complexity index is 511. The zero-order valence-electron chi connectivity index (χ0n) is 10.9. The maximum atomic E-state index is 12.9. The number of hydrogen-bond donors (Lipinski definition) is 0. The number of likely N-dealkylation sites (N-methyl/N-ethyl adjacent to an activating group) is 1. The van der Waals surface area contributed by atoms with Gasteiger partial charge in [-0.25, -0.2) is 0 Å². The highest BCUT2D eigenvalue weighted by Crippen LogP contribution is 2.34. The first-order chi connectivity index (χ1) is 9.29. The number of rotatable bonds is 1. The number of carbonyl (C=O) groups excluding carboxylic acids is 1. The number of nitrogens with zero attached hydrogens (tertiary/aromatic N) is 2. The highest BCUT2D eigenvalue weighted by atomic mass is 35.5. The van der Waals surface area contributed by atoms with Crippen LogP contribution in [0.4, 0.5) is 13.2 Å². The molecule has 1 aromatic rings. The molecule has 0 saturated carbocycles.